The Labute approximate surface area is 207 Å². The second-order valence-corrected chi connectivity index (χ2v) is 7.77. The predicted molar refractivity (Wildman–Crippen MR) is 139 cm³/mol. The summed E-state index contributed by atoms with van der Waals surface area (Å²) in [4.78, 5) is 13.9. The minimum Gasteiger partial charge on any atom is -0.489 e. The first-order chi connectivity index (χ1) is 15.0. The van der Waals surface area contributed by atoms with Crippen molar-refractivity contribution < 1.29 is 9.13 Å². The van der Waals surface area contributed by atoms with E-state index in [0.717, 1.165) is 50.1 Å². The number of halogens is 2. The fraction of sp³-hybridized carbons (Fsp3) is 0.478. The summed E-state index contributed by atoms with van der Waals surface area (Å²) in [6.45, 7) is 9.99. The second kappa shape index (κ2) is 13.4. The highest BCUT2D eigenvalue weighted by Crippen LogP contribution is 2.15. The number of hydrogen-bond acceptors (Lipinski definition) is 5. The standard InChI is InChI=1S/C23H33FN6O.HI/c1-4-25-23(27-16-18(2)31-21-7-5-20(24)6-8-21)28-17-19-9-10-26-22(15-19)30-13-11-29(3)12-14-30;/h5-10,15,18H,4,11-14,16-17H2,1-3H3,(H2,25,27,28);1H. The van der Waals surface area contributed by atoms with E-state index < -0.39 is 0 Å². The number of piperazine rings is 1. The van der Waals surface area contributed by atoms with Crippen LogP contribution in [0.1, 0.15) is 19.4 Å². The molecular formula is C23H34FIN6O. The van der Waals surface area contributed by atoms with Crippen LogP contribution < -0.4 is 20.3 Å². The van der Waals surface area contributed by atoms with Gasteiger partial charge >= 0.3 is 0 Å². The van der Waals surface area contributed by atoms with Crippen molar-refractivity contribution in [1.82, 2.24) is 20.5 Å². The molecule has 2 aromatic rings. The fourth-order valence-corrected chi connectivity index (χ4v) is 3.31. The van der Waals surface area contributed by atoms with Gasteiger partial charge in [0.05, 0.1) is 13.1 Å². The molecule has 0 saturated carbocycles. The molecule has 176 valence electrons. The molecule has 1 atom stereocenters. The lowest BCUT2D eigenvalue weighted by Gasteiger charge is -2.33. The van der Waals surface area contributed by atoms with Gasteiger partial charge in [0.1, 0.15) is 23.5 Å². The molecule has 2 heterocycles. The van der Waals surface area contributed by atoms with Gasteiger partial charge in [-0.05, 0) is 62.9 Å². The molecule has 0 bridgehead atoms. The van der Waals surface area contributed by atoms with Crippen molar-refractivity contribution in [2.45, 2.75) is 26.5 Å². The first-order valence-corrected chi connectivity index (χ1v) is 10.9. The quantitative estimate of drug-likeness (QED) is 0.296. The Hall–Kier alpha value is -2.14. The molecule has 2 N–H and O–H groups in total. The number of ether oxygens (including phenoxy) is 1. The van der Waals surface area contributed by atoms with Crippen LogP contribution in [0.3, 0.4) is 0 Å². The van der Waals surface area contributed by atoms with Crippen LogP contribution in [-0.4, -0.2) is 68.3 Å². The lowest BCUT2D eigenvalue weighted by Crippen LogP contribution is -2.44. The number of anilines is 1. The van der Waals surface area contributed by atoms with Crippen LogP contribution in [0.4, 0.5) is 10.2 Å². The molecule has 1 aromatic carbocycles. The van der Waals surface area contributed by atoms with Crippen LogP contribution in [-0.2, 0) is 6.54 Å². The number of guanidine groups is 1. The molecule has 7 nitrogen and oxygen atoms in total. The van der Waals surface area contributed by atoms with E-state index in [-0.39, 0.29) is 35.9 Å². The number of likely N-dealkylation sites (N-methyl/N-ethyl adjacent to an activating group) is 1. The van der Waals surface area contributed by atoms with Crippen LogP contribution in [0.25, 0.3) is 0 Å². The molecule has 1 saturated heterocycles. The Morgan fingerprint density at radius 1 is 1.16 bits per heavy atom. The van der Waals surface area contributed by atoms with Crippen LogP contribution >= 0.6 is 24.0 Å². The summed E-state index contributed by atoms with van der Waals surface area (Å²) in [7, 11) is 2.15. The molecule has 1 aliphatic rings. The number of pyridine rings is 1. The summed E-state index contributed by atoms with van der Waals surface area (Å²) in [6, 6.07) is 10.2. The Morgan fingerprint density at radius 2 is 1.88 bits per heavy atom. The molecule has 0 aliphatic carbocycles. The van der Waals surface area contributed by atoms with Gasteiger partial charge in [-0.25, -0.2) is 14.4 Å². The smallest absolute Gasteiger partial charge is 0.191 e. The highest BCUT2D eigenvalue weighted by atomic mass is 127. The molecule has 1 aromatic heterocycles. The Balaban J connectivity index is 0.00000363. The number of hydrogen-bond donors (Lipinski definition) is 2. The summed E-state index contributed by atoms with van der Waals surface area (Å²) in [5.74, 6) is 2.12. The number of nitrogens with one attached hydrogen (secondary N) is 2. The molecule has 3 rings (SSSR count). The van der Waals surface area contributed by atoms with Gasteiger partial charge in [0.2, 0.25) is 0 Å². The largest absolute Gasteiger partial charge is 0.489 e. The van der Waals surface area contributed by atoms with Gasteiger partial charge in [0.25, 0.3) is 0 Å². The average Bonchev–Trinajstić information content (AvgIpc) is 2.78. The van der Waals surface area contributed by atoms with Crippen molar-refractivity contribution in [2.75, 3.05) is 51.2 Å². The summed E-state index contributed by atoms with van der Waals surface area (Å²) >= 11 is 0. The number of aromatic nitrogens is 1. The maximum atomic E-state index is 13.0. The molecule has 0 spiro atoms. The highest BCUT2D eigenvalue weighted by Gasteiger charge is 2.15. The van der Waals surface area contributed by atoms with E-state index in [1.54, 1.807) is 12.1 Å². The first-order valence-electron chi connectivity index (χ1n) is 10.9. The average molecular weight is 556 g/mol. The highest BCUT2D eigenvalue weighted by molar-refractivity contribution is 14.0. The summed E-state index contributed by atoms with van der Waals surface area (Å²) in [6.07, 6.45) is 1.76. The number of aliphatic imine (C=N–C) groups is 1. The summed E-state index contributed by atoms with van der Waals surface area (Å²) in [5.41, 5.74) is 1.12. The third-order valence-electron chi connectivity index (χ3n) is 5.11. The van der Waals surface area contributed by atoms with Crippen molar-refractivity contribution >= 4 is 35.8 Å². The minimum atomic E-state index is -0.272. The molecule has 0 radical (unpaired) electrons. The molecule has 0 amide bonds. The van der Waals surface area contributed by atoms with Gasteiger partial charge in [-0.2, -0.15) is 0 Å². The van der Waals surface area contributed by atoms with E-state index >= 15 is 0 Å². The zero-order valence-corrected chi connectivity index (χ0v) is 21.4. The second-order valence-electron chi connectivity index (χ2n) is 7.77. The van der Waals surface area contributed by atoms with Gasteiger partial charge in [0, 0.05) is 38.9 Å². The Bertz CT molecular complexity index is 843. The van der Waals surface area contributed by atoms with E-state index in [9.17, 15) is 4.39 Å². The maximum Gasteiger partial charge on any atom is 0.191 e. The zero-order chi connectivity index (χ0) is 22.1. The Morgan fingerprint density at radius 3 is 2.56 bits per heavy atom. The van der Waals surface area contributed by atoms with Gasteiger partial charge in [-0.3, -0.25) is 0 Å². The number of rotatable bonds is 8. The Kier molecular flexibility index (Phi) is 10.9. The van der Waals surface area contributed by atoms with Crippen molar-refractivity contribution in [3.05, 3.63) is 54.0 Å². The molecule has 32 heavy (non-hydrogen) atoms. The van der Waals surface area contributed by atoms with E-state index in [2.05, 4.69) is 38.5 Å². The van der Waals surface area contributed by atoms with Crippen LogP contribution in [0.2, 0.25) is 0 Å². The predicted octanol–water partition coefficient (Wildman–Crippen LogP) is 3.11. The normalized spacial score (nSPS) is 15.6. The van der Waals surface area contributed by atoms with Gasteiger partial charge < -0.3 is 25.2 Å². The maximum absolute atomic E-state index is 13.0. The lowest BCUT2D eigenvalue weighted by molar-refractivity contribution is 0.223. The van der Waals surface area contributed by atoms with Crippen molar-refractivity contribution in [3.8, 4) is 5.75 Å². The minimum absolute atomic E-state index is 0. The topological polar surface area (TPSA) is 65.0 Å². The summed E-state index contributed by atoms with van der Waals surface area (Å²) < 4.78 is 18.9. The lowest BCUT2D eigenvalue weighted by atomic mass is 10.2. The van der Waals surface area contributed by atoms with E-state index in [1.165, 1.54) is 12.1 Å². The van der Waals surface area contributed by atoms with Gasteiger partial charge in [-0.15, -0.1) is 24.0 Å². The van der Waals surface area contributed by atoms with Crippen molar-refractivity contribution in [2.24, 2.45) is 4.99 Å². The van der Waals surface area contributed by atoms with Gasteiger partial charge in [-0.1, -0.05) is 0 Å². The van der Waals surface area contributed by atoms with Crippen LogP contribution in [0.15, 0.2) is 47.6 Å². The van der Waals surface area contributed by atoms with E-state index in [1.807, 2.05) is 26.1 Å². The zero-order valence-electron chi connectivity index (χ0n) is 19.1. The monoisotopic (exact) mass is 556 g/mol. The molecule has 1 fully saturated rings. The van der Waals surface area contributed by atoms with E-state index in [4.69, 9.17) is 9.73 Å². The van der Waals surface area contributed by atoms with Crippen molar-refractivity contribution in [1.29, 1.82) is 0 Å². The van der Waals surface area contributed by atoms with Gasteiger partial charge in [0.15, 0.2) is 5.96 Å². The summed E-state index contributed by atoms with van der Waals surface area (Å²) in [5, 5.41) is 6.58. The van der Waals surface area contributed by atoms with Crippen molar-refractivity contribution in [3.63, 3.8) is 0 Å². The number of benzene rings is 1. The molecule has 1 aliphatic heterocycles. The fourth-order valence-electron chi connectivity index (χ4n) is 3.31. The van der Waals surface area contributed by atoms with E-state index in [0.29, 0.717) is 18.8 Å². The third kappa shape index (κ3) is 8.42. The molecule has 9 heteroatoms. The van der Waals surface area contributed by atoms with Crippen LogP contribution in [0.5, 0.6) is 5.75 Å². The number of nitrogens with zero attached hydrogens (tertiary/aromatic N) is 4. The van der Waals surface area contributed by atoms with Crippen LogP contribution in [0, 0.1) is 5.82 Å². The molecule has 1 unspecified atom stereocenters. The first kappa shape index (κ1) is 26.1. The third-order valence-corrected chi connectivity index (χ3v) is 5.11. The molecular weight excluding hydrogens is 522 g/mol. The SMILES string of the molecule is CCNC(=NCc1ccnc(N2CCN(C)CC2)c1)NCC(C)Oc1ccc(F)cc1.I.